The van der Waals surface area contributed by atoms with Gasteiger partial charge >= 0.3 is 18.9 Å². The van der Waals surface area contributed by atoms with Crippen molar-refractivity contribution >= 4 is 15.9 Å². The number of hydrogen-bond acceptors (Lipinski definition) is 2. The van der Waals surface area contributed by atoms with E-state index in [0.29, 0.717) is 11.8 Å². The van der Waals surface area contributed by atoms with Crippen molar-refractivity contribution in [3.05, 3.63) is 22.7 Å². The molecule has 0 saturated heterocycles. The maximum atomic E-state index is 5.71. The second kappa shape index (κ2) is 10.6. The van der Waals surface area contributed by atoms with Crippen LogP contribution in [0.25, 0.3) is 0 Å². The molecule has 0 saturated carbocycles. The number of benzene rings is 1. The van der Waals surface area contributed by atoms with Crippen LogP contribution in [0.4, 0.5) is 0 Å². The first kappa shape index (κ1) is 19.9. The molecule has 20 heavy (non-hydrogen) atoms. The maximum Gasteiger partial charge on any atom is 1.00 e. The maximum absolute atomic E-state index is 5.71. The molecule has 0 heterocycles. The minimum atomic E-state index is 0. The number of ether oxygens (including phenoxy) is 2. The van der Waals surface area contributed by atoms with Crippen LogP contribution in [0.2, 0.25) is 0 Å². The summed E-state index contributed by atoms with van der Waals surface area (Å²) in [6.45, 7) is 10.2. The molecule has 0 radical (unpaired) electrons. The minimum absolute atomic E-state index is 0. The van der Waals surface area contributed by atoms with Crippen molar-refractivity contribution in [2.24, 2.45) is 11.8 Å². The van der Waals surface area contributed by atoms with Crippen molar-refractivity contribution in [1.29, 1.82) is 0 Å². The average Bonchev–Trinajstić information content (AvgIpc) is 2.31. The molecule has 0 spiro atoms. The van der Waals surface area contributed by atoms with Crippen LogP contribution in [-0.2, 0) is 0 Å². The van der Waals surface area contributed by atoms with E-state index >= 15 is 0 Å². The molecular formula is C16H24BrLiO2. The molecule has 0 N–H and O–H groups in total. The normalized spacial score (nSPS) is 10.6. The zero-order chi connectivity index (χ0) is 14.3. The van der Waals surface area contributed by atoms with Gasteiger partial charge in [0.05, 0.1) is 13.2 Å². The Balaban J connectivity index is 0.00000361. The Hall–Kier alpha value is -0.103. The quantitative estimate of drug-likeness (QED) is 0.535. The van der Waals surface area contributed by atoms with Gasteiger partial charge in [0, 0.05) is 11.5 Å². The van der Waals surface area contributed by atoms with Crippen molar-refractivity contribution in [3.63, 3.8) is 0 Å². The van der Waals surface area contributed by atoms with Crippen LogP contribution in [0.15, 0.2) is 16.6 Å². The van der Waals surface area contributed by atoms with Gasteiger partial charge in [0.1, 0.15) is 0 Å². The van der Waals surface area contributed by atoms with E-state index in [9.17, 15) is 0 Å². The van der Waals surface area contributed by atoms with Gasteiger partial charge in [-0.2, -0.15) is 0 Å². The van der Waals surface area contributed by atoms with Crippen LogP contribution < -0.4 is 28.3 Å². The van der Waals surface area contributed by atoms with Gasteiger partial charge < -0.3 is 9.47 Å². The topological polar surface area (TPSA) is 18.5 Å². The molecule has 0 aromatic heterocycles. The van der Waals surface area contributed by atoms with Gasteiger partial charge in [0.25, 0.3) is 0 Å². The van der Waals surface area contributed by atoms with E-state index in [-0.39, 0.29) is 18.9 Å². The van der Waals surface area contributed by atoms with Gasteiger partial charge in [-0.15, -0.1) is 18.2 Å². The molecule has 0 aliphatic heterocycles. The average molecular weight is 335 g/mol. The Morgan fingerprint density at radius 1 is 1.05 bits per heavy atom. The molecule has 0 aliphatic carbocycles. The first-order valence-corrected chi connectivity index (χ1v) is 7.75. The molecule has 2 nitrogen and oxygen atoms in total. The Morgan fingerprint density at radius 2 is 1.60 bits per heavy atom. The fraction of sp³-hybridized carbons (Fsp3) is 0.625. The summed E-state index contributed by atoms with van der Waals surface area (Å²) in [5, 5.41) is 0. The molecule has 1 aromatic rings. The van der Waals surface area contributed by atoms with E-state index in [2.05, 4.69) is 49.7 Å². The van der Waals surface area contributed by atoms with Gasteiger partial charge in [-0.25, -0.2) is 0 Å². The largest absolute Gasteiger partial charge is 1.00 e. The first-order chi connectivity index (χ1) is 8.99. The van der Waals surface area contributed by atoms with Crippen LogP contribution in [0.5, 0.6) is 11.5 Å². The van der Waals surface area contributed by atoms with E-state index in [1.807, 2.05) is 12.1 Å². The van der Waals surface area contributed by atoms with E-state index in [0.717, 1.165) is 42.0 Å². The summed E-state index contributed by atoms with van der Waals surface area (Å²) < 4.78 is 12.3. The van der Waals surface area contributed by atoms with Crippen LogP contribution in [-0.4, -0.2) is 13.2 Å². The van der Waals surface area contributed by atoms with Crippen molar-refractivity contribution < 1.29 is 28.3 Å². The third kappa shape index (κ3) is 8.24. The van der Waals surface area contributed by atoms with Gasteiger partial charge in [-0.3, -0.25) is 0 Å². The van der Waals surface area contributed by atoms with Crippen LogP contribution in [0.1, 0.15) is 40.5 Å². The molecule has 0 unspecified atom stereocenters. The molecule has 4 heteroatoms. The third-order valence-electron chi connectivity index (χ3n) is 2.74. The zero-order valence-electron chi connectivity index (χ0n) is 13.3. The molecule has 0 amide bonds. The van der Waals surface area contributed by atoms with E-state index in [4.69, 9.17) is 9.47 Å². The monoisotopic (exact) mass is 334 g/mol. The summed E-state index contributed by atoms with van der Waals surface area (Å²) >= 11 is 3.51. The molecule has 108 valence electrons. The predicted molar refractivity (Wildman–Crippen MR) is 82.9 cm³/mol. The number of hydrogen-bond donors (Lipinski definition) is 0. The Bertz CT molecular complexity index is 381. The molecule has 1 aromatic carbocycles. The molecule has 0 bridgehead atoms. The van der Waals surface area contributed by atoms with Crippen molar-refractivity contribution in [2.75, 3.05) is 13.2 Å². The zero-order valence-corrected chi connectivity index (χ0v) is 14.9. The SMILES string of the molecule is CC(C)CCOc1[c-]cc(OCCC(C)C)c(Br)c1.[Li+]. The summed E-state index contributed by atoms with van der Waals surface area (Å²) in [4.78, 5) is 0. The minimum Gasteiger partial charge on any atom is -0.550 e. The molecular weight excluding hydrogens is 311 g/mol. The first-order valence-electron chi connectivity index (χ1n) is 6.96. The summed E-state index contributed by atoms with van der Waals surface area (Å²) in [7, 11) is 0. The smallest absolute Gasteiger partial charge is 0.550 e. The second-order valence-corrected chi connectivity index (χ2v) is 6.43. The van der Waals surface area contributed by atoms with Gasteiger partial charge in [0.2, 0.25) is 0 Å². The molecule has 0 atom stereocenters. The molecule has 0 fully saturated rings. The van der Waals surface area contributed by atoms with Crippen molar-refractivity contribution in [2.45, 2.75) is 40.5 Å². The van der Waals surface area contributed by atoms with Gasteiger partial charge in [-0.1, -0.05) is 43.6 Å². The van der Waals surface area contributed by atoms with E-state index in [1.165, 1.54) is 0 Å². The number of halogens is 1. The Morgan fingerprint density at radius 3 is 2.10 bits per heavy atom. The number of rotatable bonds is 8. The summed E-state index contributed by atoms with van der Waals surface area (Å²) in [5.74, 6) is 2.91. The summed E-state index contributed by atoms with van der Waals surface area (Å²) in [6.07, 6.45) is 2.11. The predicted octanol–water partition coefficient (Wildman–Crippen LogP) is 2.10. The van der Waals surface area contributed by atoms with Gasteiger partial charge in [-0.05, 0) is 29.2 Å². The Kier molecular flexibility index (Phi) is 10.5. The summed E-state index contributed by atoms with van der Waals surface area (Å²) in [5.41, 5.74) is 0. The van der Waals surface area contributed by atoms with Crippen LogP contribution in [0, 0.1) is 17.9 Å². The Labute approximate surface area is 143 Å². The van der Waals surface area contributed by atoms with Gasteiger partial charge in [0.15, 0.2) is 0 Å². The van der Waals surface area contributed by atoms with E-state index < -0.39 is 0 Å². The van der Waals surface area contributed by atoms with Crippen LogP contribution in [0.3, 0.4) is 0 Å². The van der Waals surface area contributed by atoms with Crippen molar-refractivity contribution in [1.82, 2.24) is 0 Å². The second-order valence-electron chi connectivity index (χ2n) is 5.57. The molecule has 1 rings (SSSR count). The molecule has 0 aliphatic rings. The third-order valence-corrected chi connectivity index (χ3v) is 3.36. The summed E-state index contributed by atoms with van der Waals surface area (Å²) in [6, 6.07) is 6.88. The fourth-order valence-corrected chi connectivity index (χ4v) is 1.87. The van der Waals surface area contributed by atoms with Crippen LogP contribution >= 0.6 is 15.9 Å². The standard InChI is InChI=1S/C16H24BrO2.Li/c1-12(2)7-9-18-14-5-6-16(15(17)11-14)19-10-8-13(3)4;/h6,11-13H,7-10H2,1-4H3;/q-1;+1. The van der Waals surface area contributed by atoms with E-state index in [1.54, 1.807) is 0 Å². The van der Waals surface area contributed by atoms with Crippen molar-refractivity contribution in [3.8, 4) is 11.5 Å². The fourth-order valence-electron chi connectivity index (χ4n) is 1.44.